The molecular weight excluding hydrogens is 344 g/mol. The molecule has 0 radical (unpaired) electrons. The fourth-order valence-electron chi connectivity index (χ4n) is 3.51. The summed E-state index contributed by atoms with van der Waals surface area (Å²) in [7, 11) is 1.66. The van der Waals surface area contributed by atoms with Crippen LogP contribution in [0.3, 0.4) is 0 Å². The second kappa shape index (κ2) is 10.1. The summed E-state index contributed by atoms with van der Waals surface area (Å²) in [5.74, 6) is -1.40. The van der Waals surface area contributed by atoms with Crippen molar-refractivity contribution in [3.8, 4) is 0 Å². The summed E-state index contributed by atoms with van der Waals surface area (Å²) in [6.45, 7) is 2.86. The molecule has 1 saturated heterocycles. The number of nitrogens with zero attached hydrogens (tertiary/aromatic N) is 2. The van der Waals surface area contributed by atoms with Gasteiger partial charge in [0.2, 0.25) is 11.8 Å². The van der Waals surface area contributed by atoms with E-state index in [1.165, 1.54) is 10.5 Å². The van der Waals surface area contributed by atoms with E-state index in [0.717, 1.165) is 19.3 Å². The van der Waals surface area contributed by atoms with Crippen LogP contribution in [0, 0.1) is 11.8 Å². The lowest BCUT2D eigenvalue weighted by molar-refractivity contribution is -0.146. The number of hydrogen-bond donors (Lipinski definition) is 1. The van der Waals surface area contributed by atoms with Gasteiger partial charge in [0.15, 0.2) is 0 Å². The summed E-state index contributed by atoms with van der Waals surface area (Å²) in [5, 5.41) is 9.03. The Hall–Kier alpha value is -2.37. The number of aryl methyl sites for hydroxylation is 1. The van der Waals surface area contributed by atoms with Gasteiger partial charge in [-0.3, -0.25) is 14.4 Å². The summed E-state index contributed by atoms with van der Waals surface area (Å²) >= 11 is 0. The maximum atomic E-state index is 12.5. The third-order valence-corrected chi connectivity index (χ3v) is 5.31. The molecular formula is C21H30N2O4. The molecule has 6 heteroatoms. The highest BCUT2D eigenvalue weighted by molar-refractivity contribution is 5.85. The molecule has 0 saturated carbocycles. The van der Waals surface area contributed by atoms with Crippen LogP contribution in [0.15, 0.2) is 30.3 Å². The average Bonchev–Trinajstić information content (AvgIpc) is 2.68. The van der Waals surface area contributed by atoms with Crippen LogP contribution in [0.1, 0.15) is 38.2 Å². The van der Waals surface area contributed by atoms with Gasteiger partial charge in [0.05, 0.1) is 12.5 Å². The first-order valence-electron chi connectivity index (χ1n) is 9.68. The average molecular weight is 374 g/mol. The first-order chi connectivity index (χ1) is 12.9. The largest absolute Gasteiger partial charge is 0.481 e. The maximum Gasteiger partial charge on any atom is 0.306 e. The van der Waals surface area contributed by atoms with E-state index in [1.807, 2.05) is 25.1 Å². The summed E-state index contributed by atoms with van der Waals surface area (Å²) in [6, 6.07) is 10.2. The highest BCUT2D eigenvalue weighted by Crippen LogP contribution is 2.18. The van der Waals surface area contributed by atoms with Gasteiger partial charge in [-0.05, 0) is 37.7 Å². The molecule has 2 rings (SSSR count). The van der Waals surface area contributed by atoms with Crippen molar-refractivity contribution in [1.82, 2.24) is 9.80 Å². The molecule has 0 spiro atoms. The molecule has 1 N–H and O–H groups in total. The Morgan fingerprint density at radius 1 is 1.19 bits per heavy atom. The Morgan fingerprint density at radius 3 is 2.41 bits per heavy atom. The molecule has 1 aliphatic rings. The van der Waals surface area contributed by atoms with Crippen molar-refractivity contribution in [2.24, 2.45) is 11.8 Å². The van der Waals surface area contributed by atoms with E-state index in [4.69, 9.17) is 5.11 Å². The minimum Gasteiger partial charge on any atom is -0.481 e. The predicted molar refractivity (Wildman–Crippen MR) is 103 cm³/mol. The van der Waals surface area contributed by atoms with Gasteiger partial charge in [0, 0.05) is 26.1 Å². The molecule has 1 atom stereocenters. The normalized spacial score (nSPS) is 16.0. The van der Waals surface area contributed by atoms with Crippen LogP contribution < -0.4 is 0 Å². The molecule has 1 fully saturated rings. The number of likely N-dealkylation sites (tertiary alicyclic amines) is 1. The number of hydrogen-bond acceptors (Lipinski definition) is 3. The number of rotatable bonds is 8. The molecule has 0 bridgehead atoms. The van der Waals surface area contributed by atoms with Crippen molar-refractivity contribution >= 4 is 17.8 Å². The number of aliphatic carboxylic acids is 1. The number of carboxylic acid groups (broad SMARTS) is 1. The second-order valence-electron chi connectivity index (χ2n) is 7.47. The van der Waals surface area contributed by atoms with Crippen molar-refractivity contribution < 1.29 is 19.5 Å². The summed E-state index contributed by atoms with van der Waals surface area (Å²) in [5.41, 5.74) is 1.27. The molecule has 2 amide bonds. The monoisotopic (exact) mass is 374 g/mol. The fourth-order valence-corrected chi connectivity index (χ4v) is 3.51. The fraction of sp³-hybridized carbons (Fsp3) is 0.571. The van der Waals surface area contributed by atoms with Crippen molar-refractivity contribution in [1.29, 1.82) is 0 Å². The topological polar surface area (TPSA) is 77.9 Å². The lowest BCUT2D eigenvalue weighted by Gasteiger charge is -2.31. The molecule has 6 nitrogen and oxygen atoms in total. The van der Waals surface area contributed by atoms with Crippen LogP contribution in [0.25, 0.3) is 0 Å². The van der Waals surface area contributed by atoms with Crippen LogP contribution >= 0.6 is 0 Å². The molecule has 27 heavy (non-hydrogen) atoms. The summed E-state index contributed by atoms with van der Waals surface area (Å²) in [4.78, 5) is 39.1. The first-order valence-corrected chi connectivity index (χ1v) is 9.68. The molecule has 1 heterocycles. The van der Waals surface area contributed by atoms with Crippen molar-refractivity contribution in [3.05, 3.63) is 35.9 Å². The van der Waals surface area contributed by atoms with Crippen LogP contribution in [-0.2, 0) is 20.8 Å². The number of piperidine rings is 1. The molecule has 1 aromatic rings. The Kier molecular flexibility index (Phi) is 7.82. The molecule has 0 aliphatic carbocycles. The third-order valence-electron chi connectivity index (χ3n) is 5.31. The smallest absolute Gasteiger partial charge is 0.306 e. The Bertz CT molecular complexity index is 639. The van der Waals surface area contributed by atoms with E-state index < -0.39 is 5.97 Å². The minimum absolute atomic E-state index is 0.0168. The number of likely N-dealkylation sites (N-methyl/N-ethyl adjacent to an activating group) is 1. The highest BCUT2D eigenvalue weighted by atomic mass is 16.4. The van der Waals surface area contributed by atoms with E-state index in [2.05, 4.69) is 12.1 Å². The predicted octanol–water partition coefficient (Wildman–Crippen LogP) is 2.43. The number of amides is 2. The zero-order valence-electron chi connectivity index (χ0n) is 16.3. The number of carbonyl (C=O) groups excluding carboxylic acids is 2. The zero-order valence-corrected chi connectivity index (χ0v) is 16.3. The van der Waals surface area contributed by atoms with Gasteiger partial charge in [0.1, 0.15) is 0 Å². The number of carbonyl (C=O) groups is 3. The van der Waals surface area contributed by atoms with Crippen molar-refractivity contribution in [2.45, 2.75) is 39.0 Å². The van der Waals surface area contributed by atoms with Gasteiger partial charge in [0.25, 0.3) is 0 Å². The second-order valence-corrected chi connectivity index (χ2v) is 7.47. The van der Waals surface area contributed by atoms with Crippen LogP contribution in [-0.4, -0.2) is 59.4 Å². The Morgan fingerprint density at radius 2 is 1.81 bits per heavy atom. The van der Waals surface area contributed by atoms with Crippen LogP contribution in [0.5, 0.6) is 0 Å². The maximum absolute atomic E-state index is 12.5. The van der Waals surface area contributed by atoms with Crippen LogP contribution in [0.4, 0.5) is 0 Å². The van der Waals surface area contributed by atoms with Gasteiger partial charge >= 0.3 is 5.97 Å². The zero-order chi connectivity index (χ0) is 19.8. The molecule has 148 valence electrons. The lowest BCUT2D eigenvalue weighted by Crippen LogP contribution is -2.46. The van der Waals surface area contributed by atoms with E-state index in [-0.39, 0.29) is 30.2 Å². The van der Waals surface area contributed by atoms with Gasteiger partial charge in [-0.1, -0.05) is 37.3 Å². The quantitative estimate of drug-likeness (QED) is 0.758. The molecule has 1 aromatic carbocycles. The van der Waals surface area contributed by atoms with Gasteiger partial charge < -0.3 is 14.9 Å². The lowest BCUT2D eigenvalue weighted by atomic mass is 9.97. The number of benzene rings is 1. The van der Waals surface area contributed by atoms with Crippen molar-refractivity contribution in [3.63, 3.8) is 0 Å². The van der Waals surface area contributed by atoms with E-state index >= 15 is 0 Å². The van der Waals surface area contributed by atoms with Crippen molar-refractivity contribution in [2.75, 3.05) is 26.7 Å². The third kappa shape index (κ3) is 6.38. The SMILES string of the molecule is CC(CCCc1ccccc1)C(=O)N(C)CC(=O)N1CCC(C(=O)O)CC1. The summed E-state index contributed by atoms with van der Waals surface area (Å²) in [6.07, 6.45) is 3.63. The Labute approximate surface area is 161 Å². The molecule has 1 aliphatic heterocycles. The molecule has 1 unspecified atom stereocenters. The van der Waals surface area contributed by atoms with Crippen LogP contribution in [0.2, 0.25) is 0 Å². The standard InChI is InChI=1S/C21H30N2O4/c1-16(7-6-10-17-8-4-3-5-9-17)20(25)22(2)15-19(24)23-13-11-18(12-14-23)21(26)27/h3-5,8-9,16,18H,6-7,10-15H2,1-2H3,(H,26,27). The minimum atomic E-state index is -0.793. The van der Waals surface area contributed by atoms with Gasteiger partial charge in [-0.2, -0.15) is 0 Å². The van der Waals surface area contributed by atoms with E-state index in [1.54, 1.807) is 11.9 Å². The van der Waals surface area contributed by atoms with E-state index in [0.29, 0.717) is 25.9 Å². The first kappa shape index (κ1) is 20.9. The van der Waals surface area contributed by atoms with Gasteiger partial charge in [-0.15, -0.1) is 0 Å². The number of carboxylic acids is 1. The van der Waals surface area contributed by atoms with Gasteiger partial charge in [-0.25, -0.2) is 0 Å². The molecule has 0 aromatic heterocycles. The van der Waals surface area contributed by atoms with E-state index in [9.17, 15) is 14.4 Å². The summed E-state index contributed by atoms with van der Waals surface area (Å²) < 4.78 is 0. The Balaban J connectivity index is 1.72. The highest BCUT2D eigenvalue weighted by Gasteiger charge is 2.28.